The molecule has 0 aliphatic heterocycles. The SMILES string of the molecule is COc1ccc(OC)c(CN(C)C(C)C#N)c1. The Labute approximate surface area is 102 Å². The molecule has 0 spiro atoms. The quantitative estimate of drug-likeness (QED) is 0.782. The van der Waals surface area contributed by atoms with Crippen LogP contribution in [0.5, 0.6) is 11.5 Å². The smallest absolute Gasteiger partial charge is 0.123 e. The van der Waals surface area contributed by atoms with E-state index in [0.29, 0.717) is 6.54 Å². The van der Waals surface area contributed by atoms with Crippen molar-refractivity contribution in [1.82, 2.24) is 4.90 Å². The van der Waals surface area contributed by atoms with Gasteiger partial charge in [0.05, 0.1) is 26.3 Å². The first-order chi connectivity index (χ1) is 8.12. The normalized spacial score (nSPS) is 12.0. The highest BCUT2D eigenvalue weighted by atomic mass is 16.5. The fourth-order valence-electron chi connectivity index (χ4n) is 1.51. The second-order valence-corrected chi connectivity index (χ2v) is 3.90. The molecule has 1 rings (SSSR count). The van der Waals surface area contributed by atoms with Gasteiger partial charge in [-0.3, -0.25) is 4.90 Å². The predicted molar refractivity (Wildman–Crippen MR) is 66.1 cm³/mol. The molecule has 0 radical (unpaired) electrons. The van der Waals surface area contributed by atoms with E-state index in [4.69, 9.17) is 14.7 Å². The Bertz CT molecular complexity index is 412. The average molecular weight is 234 g/mol. The molecule has 1 aromatic rings. The largest absolute Gasteiger partial charge is 0.497 e. The van der Waals surface area contributed by atoms with Gasteiger partial charge in [-0.1, -0.05) is 0 Å². The summed E-state index contributed by atoms with van der Waals surface area (Å²) < 4.78 is 10.5. The molecule has 1 aromatic carbocycles. The number of rotatable bonds is 5. The Kier molecular flexibility index (Phi) is 4.80. The summed E-state index contributed by atoms with van der Waals surface area (Å²) in [7, 11) is 5.18. The molecule has 0 N–H and O–H groups in total. The van der Waals surface area contributed by atoms with Crippen molar-refractivity contribution in [3.8, 4) is 17.6 Å². The molecule has 0 bridgehead atoms. The molecule has 0 heterocycles. The van der Waals surface area contributed by atoms with Crippen molar-refractivity contribution in [2.45, 2.75) is 19.5 Å². The molecule has 0 amide bonds. The third-order valence-electron chi connectivity index (χ3n) is 2.76. The lowest BCUT2D eigenvalue weighted by atomic mass is 10.1. The highest BCUT2D eigenvalue weighted by Gasteiger charge is 2.12. The van der Waals surface area contributed by atoms with Crippen molar-refractivity contribution in [3.63, 3.8) is 0 Å². The van der Waals surface area contributed by atoms with E-state index in [-0.39, 0.29) is 6.04 Å². The van der Waals surface area contributed by atoms with Gasteiger partial charge in [-0.15, -0.1) is 0 Å². The summed E-state index contributed by atoms with van der Waals surface area (Å²) in [5, 5.41) is 8.86. The van der Waals surface area contributed by atoms with E-state index in [1.165, 1.54) is 0 Å². The number of benzene rings is 1. The summed E-state index contributed by atoms with van der Waals surface area (Å²) in [6.45, 7) is 2.52. The maximum absolute atomic E-state index is 8.86. The van der Waals surface area contributed by atoms with Crippen LogP contribution in [0.25, 0.3) is 0 Å². The number of nitriles is 1. The van der Waals surface area contributed by atoms with Crippen LogP contribution in [0.4, 0.5) is 0 Å². The van der Waals surface area contributed by atoms with E-state index in [1.54, 1.807) is 14.2 Å². The highest BCUT2D eigenvalue weighted by Crippen LogP contribution is 2.25. The van der Waals surface area contributed by atoms with Gasteiger partial charge in [0, 0.05) is 12.1 Å². The van der Waals surface area contributed by atoms with Gasteiger partial charge in [0.2, 0.25) is 0 Å². The van der Waals surface area contributed by atoms with Crippen molar-refractivity contribution < 1.29 is 9.47 Å². The molecule has 0 aliphatic rings. The molecule has 4 heteroatoms. The first-order valence-corrected chi connectivity index (χ1v) is 5.43. The minimum absolute atomic E-state index is 0.133. The summed E-state index contributed by atoms with van der Waals surface area (Å²) in [5.74, 6) is 1.60. The highest BCUT2D eigenvalue weighted by molar-refractivity contribution is 5.40. The Balaban J connectivity index is 2.92. The van der Waals surface area contributed by atoms with Crippen molar-refractivity contribution in [3.05, 3.63) is 23.8 Å². The first kappa shape index (κ1) is 13.3. The minimum Gasteiger partial charge on any atom is -0.497 e. The van der Waals surface area contributed by atoms with Crippen LogP contribution in [-0.4, -0.2) is 32.2 Å². The van der Waals surface area contributed by atoms with Gasteiger partial charge in [-0.05, 0) is 32.2 Å². The van der Waals surface area contributed by atoms with Crippen molar-refractivity contribution >= 4 is 0 Å². The minimum atomic E-state index is -0.133. The Morgan fingerprint density at radius 3 is 2.59 bits per heavy atom. The average Bonchev–Trinajstić information content (AvgIpc) is 2.37. The summed E-state index contributed by atoms with van der Waals surface area (Å²) >= 11 is 0. The van der Waals surface area contributed by atoms with Gasteiger partial charge in [0.15, 0.2) is 0 Å². The van der Waals surface area contributed by atoms with Crippen molar-refractivity contribution in [1.29, 1.82) is 5.26 Å². The molecule has 17 heavy (non-hydrogen) atoms. The number of ether oxygens (including phenoxy) is 2. The summed E-state index contributed by atoms with van der Waals surface area (Å²) in [4.78, 5) is 1.96. The van der Waals surface area contributed by atoms with Crippen molar-refractivity contribution in [2.24, 2.45) is 0 Å². The molecule has 0 aromatic heterocycles. The van der Waals surface area contributed by atoms with Crippen LogP contribution in [0.2, 0.25) is 0 Å². The molecule has 0 fully saturated rings. The lowest BCUT2D eigenvalue weighted by Crippen LogP contribution is -2.27. The van der Waals surface area contributed by atoms with Gasteiger partial charge in [-0.2, -0.15) is 5.26 Å². The molecule has 4 nitrogen and oxygen atoms in total. The zero-order valence-corrected chi connectivity index (χ0v) is 10.7. The monoisotopic (exact) mass is 234 g/mol. The molecular formula is C13H18N2O2. The maximum atomic E-state index is 8.86. The second kappa shape index (κ2) is 6.12. The molecule has 0 saturated heterocycles. The fraction of sp³-hybridized carbons (Fsp3) is 0.462. The van der Waals surface area contributed by atoms with E-state index in [9.17, 15) is 0 Å². The zero-order chi connectivity index (χ0) is 12.8. The molecule has 0 saturated carbocycles. The standard InChI is InChI=1S/C13H18N2O2/c1-10(8-14)15(2)9-11-7-12(16-3)5-6-13(11)17-4/h5-7,10H,9H2,1-4H3. The lowest BCUT2D eigenvalue weighted by molar-refractivity contribution is 0.287. The Morgan fingerprint density at radius 2 is 2.06 bits per heavy atom. The van der Waals surface area contributed by atoms with Gasteiger partial charge < -0.3 is 9.47 Å². The topological polar surface area (TPSA) is 45.5 Å². The molecule has 1 atom stereocenters. The molecule has 0 aliphatic carbocycles. The van der Waals surface area contributed by atoms with Crippen molar-refractivity contribution in [2.75, 3.05) is 21.3 Å². The molecule has 1 unspecified atom stereocenters. The lowest BCUT2D eigenvalue weighted by Gasteiger charge is -2.20. The third kappa shape index (κ3) is 3.36. The number of nitrogens with zero attached hydrogens (tertiary/aromatic N) is 2. The third-order valence-corrected chi connectivity index (χ3v) is 2.76. The van der Waals surface area contributed by atoms with E-state index >= 15 is 0 Å². The van der Waals surface area contributed by atoms with E-state index in [2.05, 4.69) is 6.07 Å². The summed E-state index contributed by atoms with van der Waals surface area (Å²) in [6, 6.07) is 7.73. The van der Waals surface area contributed by atoms with Crippen LogP contribution in [0, 0.1) is 11.3 Å². The van der Waals surface area contributed by atoms with Gasteiger partial charge in [0.1, 0.15) is 11.5 Å². The maximum Gasteiger partial charge on any atom is 0.123 e. The van der Waals surface area contributed by atoms with Gasteiger partial charge in [-0.25, -0.2) is 0 Å². The number of hydrogen-bond acceptors (Lipinski definition) is 4. The van der Waals surface area contributed by atoms with Gasteiger partial charge >= 0.3 is 0 Å². The molecule has 92 valence electrons. The van der Waals surface area contributed by atoms with Crippen LogP contribution >= 0.6 is 0 Å². The second-order valence-electron chi connectivity index (χ2n) is 3.90. The van der Waals surface area contributed by atoms with Crippen LogP contribution in [0.3, 0.4) is 0 Å². The van der Waals surface area contributed by atoms with E-state index < -0.39 is 0 Å². The molecular weight excluding hydrogens is 216 g/mol. The Hall–Kier alpha value is -1.73. The summed E-state index contributed by atoms with van der Waals surface area (Å²) in [6.07, 6.45) is 0. The van der Waals surface area contributed by atoms with E-state index in [1.807, 2.05) is 37.1 Å². The number of hydrogen-bond donors (Lipinski definition) is 0. The van der Waals surface area contributed by atoms with Crippen LogP contribution < -0.4 is 9.47 Å². The predicted octanol–water partition coefficient (Wildman–Crippen LogP) is 2.05. The van der Waals surface area contributed by atoms with Crippen LogP contribution in [0.15, 0.2) is 18.2 Å². The number of methoxy groups -OCH3 is 2. The van der Waals surface area contributed by atoms with Gasteiger partial charge in [0.25, 0.3) is 0 Å². The summed E-state index contributed by atoms with van der Waals surface area (Å²) in [5.41, 5.74) is 1.01. The van der Waals surface area contributed by atoms with Crippen LogP contribution in [-0.2, 0) is 6.54 Å². The fourth-order valence-corrected chi connectivity index (χ4v) is 1.51. The van der Waals surface area contributed by atoms with E-state index in [0.717, 1.165) is 17.1 Å². The van der Waals surface area contributed by atoms with Crippen LogP contribution in [0.1, 0.15) is 12.5 Å². The Morgan fingerprint density at radius 1 is 1.35 bits per heavy atom. The first-order valence-electron chi connectivity index (χ1n) is 5.43. The zero-order valence-electron chi connectivity index (χ0n) is 10.7.